The van der Waals surface area contributed by atoms with Crippen LogP contribution < -0.4 is 16.0 Å². The third-order valence-electron chi connectivity index (χ3n) is 3.93. The van der Waals surface area contributed by atoms with Gasteiger partial charge in [-0.25, -0.2) is 23.0 Å². The monoisotopic (exact) mass is 416 g/mol. The minimum atomic E-state index is -3.92. The van der Waals surface area contributed by atoms with Gasteiger partial charge in [-0.3, -0.25) is 9.59 Å². The van der Waals surface area contributed by atoms with Crippen LogP contribution in [0.4, 0.5) is 5.69 Å². The number of ether oxygens (including phenoxy) is 1. The molecule has 3 aromatic rings. The first kappa shape index (κ1) is 20.2. The number of hydrogen-bond acceptors (Lipinski definition) is 7. The second kappa shape index (κ2) is 7.81. The van der Waals surface area contributed by atoms with Crippen molar-refractivity contribution < 1.29 is 22.7 Å². The van der Waals surface area contributed by atoms with E-state index in [4.69, 9.17) is 9.88 Å². The molecule has 10 nitrogen and oxygen atoms in total. The van der Waals surface area contributed by atoms with Gasteiger partial charge in [0.25, 0.3) is 11.5 Å². The number of nitrogens with zero attached hydrogens (tertiary/aromatic N) is 2. The van der Waals surface area contributed by atoms with Gasteiger partial charge in [0.05, 0.1) is 10.3 Å². The number of aromatic nitrogens is 2. The third kappa shape index (κ3) is 4.47. The zero-order chi connectivity index (χ0) is 21.2. The maximum atomic E-state index is 12.4. The van der Waals surface area contributed by atoms with Gasteiger partial charge in [-0.05, 0) is 24.3 Å². The second-order valence-electron chi connectivity index (χ2n) is 6.02. The number of carbonyl (C=O) groups excluding carboxylic acids is 2. The molecule has 3 rings (SSSR count). The number of fused-ring (bicyclic) bond motifs is 1. The van der Waals surface area contributed by atoms with E-state index >= 15 is 0 Å². The topological polar surface area (TPSA) is 150 Å². The Labute approximate surface area is 164 Å². The number of amides is 1. The van der Waals surface area contributed by atoms with Gasteiger partial charge in [-0.1, -0.05) is 24.3 Å². The second-order valence-corrected chi connectivity index (χ2v) is 7.58. The molecule has 0 aliphatic rings. The van der Waals surface area contributed by atoms with E-state index in [1.807, 2.05) is 0 Å². The van der Waals surface area contributed by atoms with Crippen LogP contribution in [0.15, 0.2) is 58.2 Å². The molecule has 0 spiro atoms. The first-order chi connectivity index (χ1) is 13.7. The van der Waals surface area contributed by atoms with Crippen LogP contribution in [0, 0.1) is 0 Å². The Morgan fingerprint density at radius 2 is 1.83 bits per heavy atom. The average Bonchev–Trinajstić information content (AvgIpc) is 2.68. The number of anilines is 1. The summed E-state index contributed by atoms with van der Waals surface area (Å²) in [6.45, 7) is -0.642. The van der Waals surface area contributed by atoms with E-state index in [1.165, 1.54) is 31.3 Å². The van der Waals surface area contributed by atoms with Crippen LogP contribution in [-0.2, 0) is 26.6 Å². The fourth-order valence-corrected chi connectivity index (χ4v) is 3.16. The predicted octanol–water partition coefficient (Wildman–Crippen LogP) is 0.376. The number of aryl methyl sites for hydroxylation is 1. The smallest absolute Gasteiger partial charge is 0.359 e. The molecule has 29 heavy (non-hydrogen) atoms. The number of nitrogens with two attached hydrogens (primary N) is 1. The Bertz CT molecular complexity index is 1280. The van der Waals surface area contributed by atoms with Gasteiger partial charge in [0.1, 0.15) is 0 Å². The number of benzene rings is 2. The van der Waals surface area contributed by atoms with E-state index < -0.39 is 28.5 Å². The zero-order valence-corrected chi connectivity index (χ0v) is 16.0. The van der Waals surface area contributed by atoms with Gasteiger partial charge < -0.3 is 10.1 Å². The maximum Gasteiger partial charge on any atom is 0.359 e. The van der Waals surface area contributed by atoms with E-state index in [2.05, 4.69) is 10.4 Å². The molecule has 0 saturated heterocycles. The highest BCUT2D eigenvalue weighted by Gasteiger charge is 2.18. The number of hydrogen-bond donors (Lipinski definition) is 2. The van der Waals surface area contributed by atoms with Gasteiger partial charge in [0, 0.05) is 18.1 Å². The summed E-state index contributed by atoms with van der Waals surface area (Å²) in [6.07, 6.45) is 0. The summed E-state index contributed by atoms with van der Waals surface area (Å²) < 4.78 is 28.7. The molecule has 1 amide bonds. The van der Waals surface area contributed by atoms with E-state index in [-0.39, 0.29) is 21.8 Å². The van der Waals surface area contributed by atoms with Gasteiger partial charge in [-0.15, -0.1) is 0 Å². The normalized spacial score (nSPS) is 11.2. The van der Waals surface area contributed by atoms with E-state index in [9.17, 15) is 22.8 Å². The van der Waals surface area contributed by atoms with Gasteiger partial charge in [-0.2, -0.15) is 5.10 Å². The van der Waals surface area contributed by atoms with Crippen LogP contribution in [0.2, 0.25) is 0 Å². The molecule has 2 aromatic carbocycles. The number of sulfonamides is 1. The summed E-state index contributed by atoms with van der Waals surface area (Å²) in [5.41, 5.74) is -0.306. The highest BCUT2D eigenvalue weighted by Crippen LogP contribution is 2.15. The van der Waals surface area contributed by atoms with Crippen molar-refractivity contribution in [2.75, 3.05) is 11.9 Å². The Morgan fingerprint density at radius 1 is 1.14 bits per heavy atom. The van der Waals surface area contributed by atoms with Crippen molar-refractivity contribution >= 4 is 38.4 Å². The Balaban J connectivity index is 1.73. The average molecular weight is 416 g/mol. The molecule has 3 N–H and O–H groups in total. The van der Waals surface area contributed by atoms with Crippen LogP contribution in [0.3, 0.4) is 0 Å². The molecule has 150 valence electrons. The summed E-state index contributed by atoms with van der Waals surface area (Å²) in [4.78, 5) is 36.4. The lowest BCUT2D eigenvalue weighted by molar-refractivity contribution is -0.119. The largest absolute Gasteiger partial charge is 0.451 e. The number of rotatable bonds is 5. The van der Waals surface area contributed by atoms with Crippen molar-refractivity contribution in [3.8, 4) is 0 Å². The minimum Gasteiger partial charge on any atom is -0.451 e. The molecule has 1 aromatic heterocycles. The summed E-state index contributed by atoms with van der Waals surface area (Å²) in [5.74, 6) is -1.58. The first-order valence-corrected chi connectivity index (χ1v) is 9.77. The van der Waals surface area contributed by atoms with Crippen molar-refractivity contribution in [2.45, 2.75) is 4.90 Å². The van der Waals surface area contributed by atoms with Crippen LogP contribution in [0.1, 0.15) is 10.5 Å². The van der Waals surface area contributed by atoms with Gasteiger partial charge >= 0.3 is 5.97 Å². The Kier molecular flexibility index (Phi) is 5.43. The van der Waals surface area contributed by atoms with E-state index in [1.54, 1.807) is 24.3 Å². The first-order valence-electron chi connectivity index (χ1n) is 8.23. The Hall–Kier alpha value is -3.57. The van der Waals surface area contributed by atoms with Crippen LogP contribution in [0.5, 0.6) is 0 Å². The van der Waals surface area contributed by atoms with Gasteiger partial charge in [0.2, 0.25) is 10.0 Å². The number of primary sulfonamides is 1. The summed E-state index contributed by atoms with van der Waals surface area (Å²) in [5, 5.41) is 12.0. The molecule has 0 aliphatic heterocycles. The molecule has 0 atom stereocenters. The van der Waals surface area contributed by atoms with E-state index in [0.717, 1.165) is 4.68 Å². The van der Waals surface area contributed by atoms with Gasteiger partial charge in [0.15, 0.2) is 12.3 Å². The molecule has 1 heterocycles. The van der Waals surface area contributed by atoms with Crippen LogP contribution >= 0.6 is 0 Å². The van der Waals surface area contributed by atoms with Crippen LogP contribution in [0.25, 0.3) is 10.8 Å². The van der Waals surface area contributed by atoms with Crippen molar-refractivity contribution in [2.24, 2.45) is 12.2 Å². The van der Waals surface area contributed by atoms with Crippen molar-refractivity contribution in [1.82, 2.24) is 9.78 Å². The summed E-state index contributed by atoms with van der Waals surface area (Å²) in [7, 11) is -2.52. The fraction of sp³-hybridized carbons (Fsp3) is 0.111. The summed E-state index contributed by atoms with van der Waals surface area (Å²) >= 11 is 0. The van der Waals surface area contributed by atoms with E-state index in [0.29, 0.717) is 10.8 Å². The number of nitrogens with one attached hydrogen (secondary N) is 1. The Morgan fingerprint density at radius 3 is 2.52 bits per heavy atom. The van der Waals surface area contributed by atoms with Crippen molar-refractivity contribution in [3.05, 3.63) is 64.6 Å². The maximum absolute atomic E-state index is 12.4. The predicted molar refractivity (Wildman–Crippen MR) is 104 cm³/mol. The molecule has 0 aliphatic carbocycles. The van der Waals surface area contributed by atoms with Crippen molar-refractivity contribution in [3.63, 3.8) is 0 Å². The van der Waals surface area contributed by atoms with Crippen molar-refractivity contribution in [1.29, 1.82) is 0 Å². The SMILES string of the molecule is Cn1nc(C(=O)OCC(=O)Nc2cccc(S(N)(=O)=O)c2)c2ccccc2c1=O. The zero-order valence-electron chi connectivity index (χ0n) is 15.2. The standard InChI is InChI=1S/C18H16N4O6S/c1-22-17(24)14-8-3-2-7-13(14)16(21-22)18(25)28-10-15(23)20-11-5-4-6-12(9-11)29(19,26)27/h2-9H,10H2,1H3,(H,20,23)(H2,19,26,27). The molecule has 11 heteroatoms. The lowest BCUT2D eigenvalue weighted by Gasteiger charge is -2.09. The molecule has 0 unspecified atom stereocenters. The molecule has 0 bridgehead atoms. The van der Waals surface area contributed by atoms with Crippen LogP contribution in [-0.4, -0.2) is 36.7 Å². The third-order valence-corrected chi connectivity index (χ3v) is 4.84. The highest BCUT2D eigenvalue weighted by molar-refractivity contribution is 7.89. The molecule has 0 saturated carbocycles. The quantitative estimate of drug-likeness (QED) is 0.571. The molecular weight excluding hydrogens is 400 g/mol. The minimum absolute atomic E-state index is 0.105. The lowest BCUT2D eigenvalue weighted by Crippen LogP contribution is -2.26. The molecular formula is C18H16N4O6S. The number of esters is 1. The lowest BCUT2D eigenvalue weighted by atomic mass is 10.1. The highest BCUT2D eigenvalue weighted by atomic mass is 32.2. The summed E-state index contributed by atoms with van der Waals surface area (Å²) in [6, 6.07) is 11.7. The molecule has 0 radical (unpaired) electrons. The number of carbonyl (C=O) groups is 2. The fourth-order valence-electron chi connectivity index (χ4n) is 2.60. The molecule has 0 fully saturated rings.